The van der Waals surface area contributed by atoms with Gasteiger partial charge in [0.1, 0.15) is 17.2 Å². The molecule has 0 aliphatic heterocycles. The van der Waals surface area contributed by atoms with Crippen molar-refractivity contribution in [2.75, 3.05) is 21.3 Å². The fraction of sp³-hybridized carbons (Fsp3) is 0.625. The second kappa shape index (κ2) is 6.25. The molecule has 0 radical (unpaired) electrons. The Morgan fingerprint density at radius 1 is 1.00 bits per heavy atom. The van der Waals surface area contributed by atoms with E-state index in [0.717, 1.165) is 22.8 Å². The van der Waals surface area contributed by atoms with E-state index in [1.165, 1.54) is 25.7 Å². The summed E-state index contributed by atoms with van der Waals surface area (Å²) >= 11 is 3.90. The molecule has 1 saturated carbocycles. The van der Waals surface area contributed by atoms with Gasteiger partial charge < -0.3 is 14.2 Å². The molecule has 0 amide bonds. The van der Waals surface area contributed by atoms with Crippen molar-refractivity contribution in [1.82, 2.24) is 0 Å². The molecule has 1 unspecified atom stereocenters. The number of benzene rings is 1. The van der Waals surface area contributed by atoms with E-state index in [1.807, 2.05) is 12.1 Å². The minimum Gasteiger partial charge on any atom is -0.496 e. The zero-order valence-corrected chi connectivity index (χ0v) is 14.2. The van der Waals surface area contributed by atoms with Gasteiger partial charge in [-0.15, -0.1) is 0 Å². The molecule has 0 aromatic heterocycles. The van der Waals surface area contributed by atoms with E-state index in [0.29, 0.717) is 0 Å². The van der Waals surface area contributed by atoms with Crippen LogP contribution < -0.4 is 14.2 Å². The molecule has 1 aromatic carbocycles. The fourth-order valence-corrected chi connectivity index (χ4v) is 3.98. The van der Waals surface area contributed by atoms with E-state index in [-0.39, 0.29) is 10.2 Å². The first-order chi connectivity index (χ1) is 9.55. The Morgan fingerprint density at radius 3 is 1.90 bits per heavy atom. The predicted molar refractivity (Wildman–Crippen MR) is 84.3 cm³/mol. The van der Waals surface area contributed by atoms with Crippen molar-refractivity contribution in [3.8, 4) is 17.2 Å². The summed E-state index contributed by atoms with van der Waals surface area (Å²) in [7, 11) is 5.03. The van der Waals surface area contributed by atoms with Crippen LogP contribution in [0.4, 0.5) is 0 Å². The largest absolute Gasteiger partial charge is 0.496 e. The number of hydrogen-bond acceptors (Lipinski definition) is 3. The zero-order valence-electron chi connectivity index (χ0n) is 12.7. The first-order valence-electron chi connectivity index (χ1n) is 6.99. The zero-order chi connectivity index (χ0) is 14.8. The SMILES string of the molecule is COc1cc(OC)c(C(Br)C2(C)CCCC2)c(OC)c1. The minimum absolute atomic E-state index is 0.216. The van der Waals surface area contributed by atoms with Crippen LogP contribution in [0, 0.1) is 5.41 Å². The van der Waals surface area contributed by atoms with Crippen LogP contribution in [0.2, 0.25) is 0 Å². The molecule has 0 heterocycles. The Bertz CT molecular complexity index is 442. The summed E-state index contributed by atoms with van der Waals surface area (Å²) in [5.41, 5.74) is 1.33. The lowest BCUT2D eigenvalue weighted by Gasteiger charge is -2.32. The van der Waals surface area contributed by atoms with E-state index in [2.05, 4.69) is 22.9 Å². The normalized spacial score (nSPS) is 18.6. The second-order valence-electron chi connectivity index (χ2n) is 5.67. The Balaban J connectivity index is 2.48. The maximum Gasteiger partial charge on any atom is 0.130 e. The van der Waals surface area contributed by atoms with E-state index in [9.17, 15) is 0 Å². The highest BCUT2D eigenvalue weighted by Crippen LogP contribution is 2.56. The van der Waals surface area contributed by atoms with Gasteiger partial charge in [-0.3, -0.25) is 0 Å². The predicted octanol–water partition coefficient (Wildman–Crippen LogP) is 4.73. The van der Waals surface area contributed by atoms with Gasteiger partial charge in [0.25, 0.3) is 0 Å². The molecular weight excluding hydrogens is 320 g/mol. The summed E-state index contributed by atoms with van der Waals surface area (Å²) in [6.45, 7) is 2.34. The van der Waals surface area contributed by atoms with Gasteiger partial charge in [0, 0.05) is 12.1 Å². The van der Waals surface area contributed by atoms with Crippen LogP contribution in [0.3, 0.4) is 0 Å². The van der Waals surface area contributed by atoms with Crippen molar-refractivity contribution < 1.29 is 14.2 Å². The van der Waals surface area contributed by atoms with E-state index in [1.54, 1.807) is 21.3 Å². The lowest BCUT2D eigenvalue weighted by molar-refractivity contribution is 0.309. The third-order valence-corrected chi connectivity index (χ3v) is 5.93. The lowest BCUT2D eigenvalue weighted by atomic mass is 9.81. The van der Waals surface area contributed by atoms with Crippen molar-refractivity contribution in [3.63, 3.8) is 0 Å². The van der Waals surface area contributed by atoms with Gasteiger partial charge in [0.05, 0.1) is 31.7 Å². The molecule has 3 nitrogen and oxygen atoms in total. The van der Waals surface area contributed by atoms with Gasteiger partial charge >= 0.3 is 0 Å². The van der Waals surface area contributed by atoms with Crippen LogP contribution >= 0.6 is 15.9 Å². The highest BCUT2D eigenvalue weighted by atomic mass is 79.9. The molecule has 0 N–H and O–H groups in total. The maximum absolute atomic E-state index is 5.57. The summed E-state index contributed by atoms with van der Waals surface area (Å²) in [6.07, 6.45) is 5.03. The minimum atomic E-state index is 0.216. The van der Waals surface area contributed by atoms with Gasteiger partial charge in [0.2, 0.25) is 0 Å². The standard InChI is InChI=1S/C16H23BrO3/c1-16(7-5-6-8-16)15(17)14-12(19-3)9-11(18-2)10-13(14)20-4/h9-10,15H,5-8H2,1-4H3. The Hall–Kier alpha value is -0.900. The maximum atomic E-state index is 5.57. The smallest absolute Gasteiger partial charge is 0.130 e. The molecule has 0 spiro atoms. The van der Waals surface area contributed by atoms with Gasteiger partial charge in [-0.2, -0.15) is 0 Å². The van der Waals surface area contributed by atoms with Gasteiger partial charge in [0.15, 0.2) is 0 Å². The summed E-state index contributed by atoms with van der Waals surface area (Å²) in [5.74, 6) is 2.38. The highest BCUT2D eigenvalue weighted by molar-refractivity contribution is 9.09. The molecule has 1 atom stereocenters. The molecule has 20 heavy (non-hydrogen) atoms. The first-order valence-corrected chi connectivity index (χ1v) is 7.91. The molecule has 0 bridgehead atoms. The number of alkyl halides is 1. The van der Waals surface area contributed by atoms with Gasteiger partial charge in [-0.05, 0) is 18.3 Å². The summed E-state index contributed by atoms with van der Waals surface area (Å²) in [6, 6.07) is 3.84. The van der Waals surface area contributed by atoms with Crippen LogP contribution in [-0.4, -0.2) is 21.3 Å². The average molecular weight is 343 g/mol. The highest BCUT2D eigenvalue weighted by Gasteiger charge is 2.39. The number of ether oxygens (including phenoxy) is 3. The second-order valence-corrected chi connectivity index (χ2v) is 6.58. The third kappa shape index (κ3) is 2.76. The molecule has 2 rings (SSSR count). The monoisotopic (exact) mass is 342 g/mol. The third-order valence-electron chi connectivity index (χ3n) is 4.36. The van der Waals surface area contributed by atoms with Crippen LogP contribution in [0.1, 0.15) is 43.0 Å². The first kappa shape index (κ1) is 15.5. The summed E-state index contributed by atoms with van der Waals surface area (Å²) in [4.78, 5) is 0.216. The Labute approximate surface area is 129 Å². The average Bonchev–Trinajstić information content (AvgIpc) is 2.92. The van der Waals surface area contributed by atoms with Crippen molar-refractivity contribution >= 4 is 15.9 Å². The summed E-state index contributed by atoms with van der Waals surface area (Å²) < 4.78 is 16.4. The quantitative estimate of drug-likeness (QED) is 0.724. The van der Waals surface area contributed by atoms with Crippen LogP contribution in [-0.2, 0) is 0 Å². The molecule has 4 heteroatoms. The number of rotatable bonds is 5. The topological polar surface area (TPSA) is 27.7 Å². The molecule has 1 aliphatic carbocycles. The van der Waals surface area contributed by atoms with Gasteiger partial charge in [-0.1, -0.05) is 35.7 Å². The molecule has 1 fully saturated rings. The molecule has 1 aromatic rings. The van der Waals surface area contributed by atoms with Crippen LogP contribution in [0.5, 0.6) is 17.2 Å². The van der Waals surface area contributed by atoms with Gasteiger partial charge in [-0.25, -0.2) is 0 Å². The van der Waals surface area contributed by atoms with E-state index in [4.69, 9.17) is 14.2 Å². The van der Waals surface area contributed by atoms with Crippen LogP contribution in [0.15, 0.2) is 12.1 Å². The number of halogens is 1. The molecule has 112 valence electrons. The van der Waals surface area contributed by atoms with Crippen molar-refractivity contribution in [3.05, 3.63) is 17.7 Å². The van der Waals surface area contributed by atoms with Crippen LogP contribution in [0.25, 0.3) is 0 Å². The van der Waals surface area contributed by atoms with Crippen molar-refractivity contribution in [2.45, 2.75) is 37.4 Å². The lowest BCUT2D eigenvalue weighted by Crippen LogP contribution is -2.19. The van der Waals surface area contributed by atoms with E-state index >= 15 is 0 Å². The summed E-state index contributed by atoms with van der Waals surface area (Å²) in [5, 5.41) is 0. The number of hydrogen-bond donors (Lipinski definition) is 0. The van der Waals surface area contributed by atoms with E-state index < -0.39 is 0 Å². The number of methoxy groups -OCH3 is 3. The van der Waals surface area contributed by atoms with Crippen molar-refractivity contribution in [2.24, 2.45) is 5.41 Å². The molecule has 1 aliphatic rings. The van der Waals surface area contributed by atoms with Crippen molar-refractivity contribution in [1.29, 1.82) is 0 Å². The fourth-order valence-electron chi connectivity index (χ4n) is 3.07. The Morgan fingerprint density at radius 2 is 1.50 bits per heavy atom. The Kier molecular flexibility index (Phi) is 4.84. The molecule has 0 saturated heterocycles. The molecular formula is C16H23BrO3.